The van der Waals surface area contributed by atoms with E-state index < -0.39 is 29.0 Å². The molecule has 0 unspecified atom stereocenters. The fourth-order valence-corrected chi connectivity index (χ4v) is 1.64. The zero-order chi connectivity index (χ0) is 13.0. The van der Waals surface area contributed by atoms with Gasteiger partial charge in [-0.1, -0.05) is 26.2 Å². The number of halogens is 3. The second kappa shape index (κ2) is 5.80. The van der Waals surface area contributed by atoms with Crippen LogP contribution >= 0.6 is 0 Å². The Balaban J connectivity index is 2.92. The van der Waals surface area contributed by atoms with Gasteiger partial charge in [0.2, 0.25) is 5.82 Å². The maximum absolute atomic E-state index is 13.3. The molecule has 0 aliphatic rings. The lowest BCUT2D eigenvalue weighted by molar-refractivity contribution is 0.342. The second-order valence-electron chi connectivity index (χ2n) is 3.93. The van der Waals surface area contributed by atoms with Crippen LogP contribution < -0.4 is 0 Å². The molecule has 5 heteroatoms. The monoisotopic (exact) mass is 248 g/mol. The molecule has 17 heavy (non-hydrogen) atoms. The Kier molecular flexibility index (Phi) is 4.66. The highest BCUT2D eigenvalue weighted by atomic mass is 19.2. The summed E-state index contributed by atoms with van der Waals surface area (Å²) in [5, 5.41) is 18.4. The van der Waals surface area contributed by atoms with Gasteiger partial charge in [0.25, 0.3) is 0 Å². The van der Waals surface area contributed by atoms with Crippen molar-refractivity contribution in [1.29, 1.82) is 0 Å². The number of phenolic OH excluding ortho intramolecular Hbond substituents is 2. The summed E-state index contributed by atoms with van der Waals surface area (Å²) in [4.78, 5) is 0. The fraction of sp³-hybridized carbons (Fsp3) is 0.500. The number of phenols is 2. The maximum Gasteiger partial charge on any atom is 0.207 e. The van der Waals surface area contributed by atoms with Crippen molar-refractivity contribution in [2.24, 2.45) is 0 Å². The molecule has 0 radical (unpaired) electrons. The van der Waals surface area contributed by atoms with E-state index in [1.165, 1.54) is 0 Å². The second-order valence-corrected chi connectivity index (χ2v) is 3.93. The fourth-order valence-electron chi connectivity index (χ4n) is 1.64. The number of rotatable bonds is 5. The van der Waals surface area contributed by atoms with E-state index in [1.54, 1.807) is 0 Å². The molecule has 0 bridgehead atoms. The number of aromatic hydroxyl groups is 2. The molecule has 1 rings (SSSR count). The van der Waals surface area contributed by atoms with Gasteiger partial charge in [-0.15, -0.1) is 0 Å². The average Bonchev–Trinajstić information content (AvgIpc) is 2.33. The quantitative estimate of drug-likeness (QED) is 0.474. The van der Waals surface area contributed by atoms with Crippen molar-refractivity contribution in [3.05, 3.63) is 23.0 Å². The molecule has 0 spiro atoms. The molecule has 2 N–H and O–H groups in total. The van der Waals surface area contributed by atoms with E-state index in [0.29, 0.717) is 6.42 Å². The van der Waals surface area contributed by atoms with Crippen LogP contribution in [0.5, 0.6) is 11.5 Å². The average molecular weight is 248 g/mol. The van der Waals surface area contributed by atoms with Crippen molar-refractivity contribution in [3.8, 4) is 11.5 Å². The van der Waals surface area contributed by atoms with Crippen molar-refractivity contribution < 1.29 is 23.4 Å². The molecule has 0 aliphatic carbocycles. The van der Waals surface area contributed by atoms with Crippen LogP contribution in [0.4, 0.5) is 13.2 Å². The summed E-state index contributed by atoms with van der Waals surface area (Å²) in [6.45, 7) is 2.00. The Morgan fingerprint density at radius 1 is 0.824 bits per heavy atom. The molecule has 0 amide bonds. The normalized spacial score (nSPS) is 10.8. The third-order valence-corrected chi connectivity index (χ3v) is 2.65. The van der Waals surface area contributed by atoms with E-state index in [9.17, 15) is 18.3 Å². The van der Waals surface area contributed by atoms with Gasteiger partial charge in [-0.3, -0.25) is 0 Å². The SMILES string of the molecule is CCCCCCc1c(O)c(O)c(F)c(F)c1F. The molecule has 1 aromatic rings. The van der Waals surface area contributed by atoms with E-state index >= 15 is 0 Å². The van der Waals surface area contributed by atoms with Gasteiger partial charge in [0, 0.05) is 5.56 Å². The maximum atomic E-state index is 13.3. The molecule has 1 aromatic carbocycles. The van der Waals surface area contributed by atoms with E-state index in [0.717, 1.165) is 19.3 Å². The molecule has 0 fully saturated rings. The van der Waals surface area contributed by atoms with Gasteiger partial charge in [-0.2, -0.15) is 4.39 Å². The Bertz CT molecular complexity index is 376. The summed E-state index contributed by atoms with van der Waals surface area (Å²) >= 11 is 0. The van der Waals surface area contributed by atoms with Crippen molar-refractivity contribution >= 4 is 0 Å². The Morgan fingerprint density at radius 3 is 2.06 bits per heavy atom. The van der Waals surface area contributed by atoms with Gasteiger partial charge in [-0.05, 0) is 12.8 Å². The van der Waals surface area contributed by atoms with Crippen molar-refractivity contribution in [2.45, 2.75) is 39.0 Å². The van der Waals surface area contributed by atoms with Crippen LogP contribution in [0.25, 0.3) is 0 Å². The van der Waals surface area contributed by atoms with Crippen LogP contribution in [-0.4, -0.2) is 10.2 Å². The summed E-state index contributed by atoms with van der Waals surface area (Å²) in [5.41, 5.74) is -0.363. The predicted octanol–water partition coefficient (Wildman–Crippen LogP) is 3.64. The van der Waals surface area contributed by atoms with E-state index in [2.05, 4.69) is 0 Å². The van der Waals surface area contributed by atoms with E-state index in [1.807, 2.05) is 6.92 Å². The summed E-state index contributed by atoms with van der Waals surface area (Å²) in [5.74, 6) is -7.05. The summed E-state index contributed by atoms with van der Waals surface area (Å²) in [6, 6.07) is 0. The first kappa shape index (κ1) is 13.7. The standard InChI is InChI=1S/C12H15F3O2/c1-2-3-4-5-6-7-8(13)9(14)10(15)12(17)11(7)16/h16-17H,2-6H2,1H3. The van der Waals surface area contributed by atoms with Gasteiger partial charge < -0.3 is 10.2 Å². The van der Waals surface area contributed by atoms with Crippen LogP contribution in [-0.2, 0) is 6.42 Å². The van der Waals surface area contributed by atoms with Gasteiger partial charge in [0.05, 0.1) is 0 Å². The van der Waals surface area contributed by atoms with Crippen molar-refractivity contribution in [2.75, 3.05) is 0 Å². The minimum Gasteiger partial charge on any atom is -0.504 e. The van der Waals surface area contributed by atoms with Crippen LogP contribution in [0.1, 0.15) is 38.2 Å². The Labute approximate surface area is 97.7 Å². The predicted molar refractivity (Wildman–Crippen MR) is 57.5 cm³/mol. The molecular formula is C12H15F3O2. The number of hydrogen-bond acceptors (Lipinski definition) is 2. The smallest absolute Gasteiger partial charge is 0.207 e. The zero-order valence-corrected chi connectivity index (χ0v) is 9.56. The molecule has 0 aliphatic heterocycles. The zero-order valence-electron chi connectivity index (χ0n) is 9.56. The van der Waals surface area contributed by atoms with Crippen LogP contribution in [0.3, 0.4) is 0 Å². The minimum atomic E-state index is -1.75. The van der Waals surface area contributed by atoms with Crippen LogP contribution in [0.2, 0.25) is 0 Å². The largest absolute Gasteiger partial charge is 0.504 e. The highest BCUT2D eigenvalue weighted by molar-refractivity contribution is 5.47. The summed E-state index contributed by atoms with van der Waals surface area (Å²) in [6.07, 6.45) is 3.34. The first-order valence-electron chi connectivity index (χ1n) is 5.57. The molecule has 2 nitrogen and oxygen atoms in total. The molecule has 0 aromatic heterocycles. The third kappa shape index (κ3) is 2.84. The van der Waals surface area contributed by atoms with Crippen LogP contribution in [0.15, 0.2) is 0 Å². The van der Waals surface area contributed by atoms with Gasteiger partial charge in [-0.25, -0.2) is 8.78 Å². The molecule has 0 saturated carbocycles. The molecule has 96 valence electrons. The van der Waals surface area contributed by atoms with Gasteiger partial charge in [0.1, 0.15) is 0 Å². The molecule has 0 atom stereocenters. The minimum absolute atomic E-state index is 0.0719. The first-order valence-corrected chi connectivity index (χ1v) is 5.57. The summed E-state index contributed by atoms with van der Waals surface area (Å²) in [7, 11) is 0. The molecular weight excluding hydrogens is 233 g/mol. The van der Waals surface area contributed by atoms with Gasteiger partial charge in [0.15, 0.2) is 23.1 Å². The lowest BCUT2D eigenvalue weighted by Gasteiger charge is -2.09. The Morgan fingerprint density at radius 2 is 1.47 bits per heavy atom. The third-order valence-electron chi connectivity index (χ3n) is 2.65. The van der Waals surface area contributed by atoms with E-state index in [-0.39, 0.29) is 12.0 Å². The topological polar surface area (TPSA) is 40.5 Å². The molecule has 0 heterocycles. The van der Waals surface area contributed by atoms with Crippen molar-refractivity contribution in [3.63, 3.8) is 0 Å². The first-order chi connectivity index (χ1) is 8.00. The van der Waals surface area contributed by atoms with E-state index in [4.69, 9.17) is 5.11 Å². The highest BCUT2D eigenvalue weighted by Gasteiger charge is 2.23. The lowest BCUT2D eigenvalue weighted by Crippen LogP contribution is -2.00. The Hall–Kier alpha value is -1.39. The van der Waals surface area contributed by atoms with Crippen LogP contribution in [0, 0.1) is 17.5 Å². The van der Waals surface area contributed by atoms with Gasteiger partial charge >= 0.3 is 0 Å². The number of unbranched alkanes of at least 4 members (excludes halogenated alkanes) is 3. The highest BCUT2D eigenvalue weighted by Crippen LogP contribution is 2.36. The lowest BCUT2D eigenvalue weighted by atomic mass is 10.0. The molecule has 0 saturated heterocycles. The number of hydrogen-bond donors (Lipinski definition) is 2. The summed E-state index contributed by atoms with van der Waals surface area (Å²) < 4.78 is 39.2. The van der Waals surface area contributed by atoms with Crippen molar-refractivity contribution in [1.82, 2.24) is 0 Å². The number of benzene rings is 1.